The van der Waals surface area contributed by atoms with Crippen molar-refractivity contribution in [2.75, 3.05) is 44.2 Å². The molecule has 1 fully saturated rings. The molecule has 1 saturated heterocycles. The molecule has 4 aromatic rings. The fourth-order valence-electron chi connectivity index (χ4n) is 3.99. The van der Waals surface area contributed by atoms with Crippen LogP contribution >= 0.6 is 11.3 Å². The van der Waals surface area contributed by atoms with E-state index >= 15 is 0 Å². The molecule has 0 saturated carbocycles. The predicted molar refractivity (Wildman–Crippen MR) is 126 cm³/mol. The zero-order valence-electron chi connectivity index (χ0n) is 17.2. The van der Waals surface area contributed by atoms with Gasteiger partial charge in [-0.25, -0.2) is 9.37 Å². The molecule has 3 heterocycles. The van der Waals surface area contributed by atoms with Crippen LogP contribution in [0, 0.1) is 5.82 Å². The van der Waals surface area contributed by atoms with Gasteiger partial charge in [-0.05, 0) is 58.8 Å². The van der Waals surface area contributed by atoms with E-state index in [1.807, 2.05) is 0 Å². The molecule has 1 aliphatic rings. The second kappa shape index (κ2) is 9.04. The van der Waals surface area contributed by atoms with Gasteiger partial charge < -0.3 is 9.64 Å². The van der Waals surface area contributed by atoms with E-state index in [1.165, 1.54) is 28.6 Å². The molecule has 31 heavy (non-hydrogen) atoms. The van der Waals surface area contributed by atoms with Gasteiger partial charge in [0.2, 0.25) is 0 Å². The molecule has 0 unspecified atom stereocenters. The largest absolute Gasteiger partial charge is 0.492 e. The van der Waals surface area contributed by atoms with Crippen molar-refractivity contribution in [2.45, 2.75) is 0 Å². The number of hydrogen-bond acceptors (Lipinski definition) is 5. The third-order valence-electron chi connectivity index (χ3n) is 5.72. The summed E-state index contributed by atoms with van der Waals surface area (Å²) in [4.78, 5) is 9.81. The highest BCUT2D eigenvalue weighted by Gasteiger charge is 2.18. The Bertz CT molecular complexity index is 1140. The van der Waals surface area contributed by atoms with E-state index in [0.717, 1.165) is 44.1 Å². The van der Waals surface area contributed by atoms with Gasteiger partial charge in [0.05, 0.1) is 5.52 Å². The van der Waals surface area contributed by atoms with Gasteiger partial charge >= 0.3 is 0 Å². The van der Waals surface area contributed by atoms with E-state index in [9.17, 15) is 4.39 Å². The van der Waals surface area contributed by atoms with E-state index in [2.05, 4.69) is 57.0 Å². The second-order valence-corrected chi connectivity index (χ2v) is 8.47. The molecule has 0 N–H and O–H groups in total. The maximum Gasteiger partial charge on any atom is 0.129 e. The van der Waals surface area contributed by atoms with E-state index < -0.39 is 0 Å². The molecular weight excluding hydrogens is 409 g/mol. The normalized spacial score (nSPS) is 14.8. The maximum absolute atomic E-state index is 13.0. The Balaban J connectivity index is 1.21. The first kappa shape index (κ1) is 20.0. The van der Waals surface area contributed by atoms with Gasteiger partial charge in [0, 0.05) is 43.7 Å². The third kappa shape index (κ3) is 4.55. The minimum atomic E-state index is -0.242. The SMILES string of the molecule is Fc1ccc(OCCN2CCN(c3ccc4cccc(-c5ccsc5)c4n3)CC2)cc1. The summed E-state index contributed by atoms with van der Waals surface area (Å²) >= 11 is 1.71. The number of thiophene rings is 1. The lowest BCUT2D eigenvalue weighted by molar-refractivity contribution is 0.200. The van der Waals surface area contributed by atoms with Crippen LogP contribution in [0.15, 0.2) is 71.4 Å². The summed E-state index contributed by atoms with van der Waals surface area (Å²) in [6, 6.07) is 19.0. The molecule has 1 aliphatic heterocycles. The Hall–Kier alpha value is -2.96. The third-order valence-corrected chi connectivity index (χ3v) is 6.41. The Morgan fingerprint density at radius 1 is 0.935 bits per heavy atom. The van der Waals surface area contributed by atoms with Gasteiger partial charge in [0.15, 0.2) is 0 Å². The number of benzene rings is 2. The van der Waals surface area contributed by atoms with Crippen molar-refractivity contribution in [1.29, 1.82) is 0 Å². The molecular formula is C25H24FN3OS. The minimum absolute atomic E-state index is 0.242. The minimum Gasteiger partial charge on any atom is -0.492 e. The predicted octanol–water partition coefficient (Wildman–Crippen LogP) is 5.30. The fraction of sp³-hybridized carbons (Fsp3) is 0.240. The van der Waals surface area contributed by atoms with E-state index in [0.29, 0.717) is 12.4 Å². The number of fused-ring (bicyclic) bond motifs is 1. The van der Waals surface area contributed by atoms with Gasteiger partial charge in [-0.2, -0.15) is 11.3 Å². The summed E-state index contributed by atoms with van der Waals surface area (Å²) in [6.45, 7) is 5.28. The summed E-state index contributed by atoms with van der Waals surface area (Å²) in [5.74, 6) is 1.51. The van der Waals surface area contributed by atoms with Crippen molar-refractivity contribution in [2.24, 2.45) is 0 Å². The molecule has 5 rings (SSSR count). The van der Waals surface area contributed by atoms with E-state index in [4.69, 9.17) is 9.72 Å². The number of rotatable bonds is 6. The number of ether oxygens (including phenoxy) is 1. The van der Waals surface area contributed by atoms with Gasteiger partial charge in [-0.3, -0.25) is 4.90 Å². The van der Waals surface area contributed by atoms with Crippen molar-refractivity contribution in [3.05, 3.63) is 77.2 Å². The highest BCUT2D eigenvalue weighted by molar-refractivity contribution is 7.08. The Labute approximate surface area is 185 Å². The number of para-hydroxylation sites is 1. The molecule has 0 spiro atoms. The molecule has 4 nitrogen and oxygen atoms in total. The first-order chi connectivity index (χ1) is 15.3. The molecule has 0 atom stereocenters. The van der Waals surface area contributed by atoms with Crippen molar-refractivity contribution in [1.82, 2.24) is 9.88 Å². The van der Waals surface area contributed by atoms with Crippen molar-refractivity contribution >= 4 is 28.1 Å². The summed E-state index contributed by atoms with van der Waals surface area (Å²) in [6.07, 6.45) is 0. The van der Waals surface area contributed by atoms with Gasteiger partial charge in [0.1, 0.15) is 24.0 Å². The number of hydrogen-bond donors (Lipinski definition) is 0. The summed E-state index contributed by atoms with van der Waals surface area (Å²) in [5, 5.41) is 5.46. The van der Waals surface area contributed by atoms with Crippen molar-refractivity contribution in [3.63, 3.8) is 0 Å². The van der Waals surface area contributed by atoms with Crippen LogP contribution in [0.4, 0.5) is 10.2 Å². The number of pyridine rings is 1. The summed E-state index contributed by atoms with van der Waals surface area (Å²) in [7, 11) is 0. The molecule has 0 bridgehead atoms. The molecule has 158 valence electrons. The molecule has 2 aromatic heterocycles. The van der Waals surface area contributed by atoms with Crippen LogP contribution in [-0.4, -0.2) is 49.2 Å². The monoisotopic (exact) mass is 433 g/mol. The summed E-state index contributed by atoms with van der Waals surface area (Å²) < 4.78 is 18.7. The molecule has 0 amide bonds. The van der Waals surface area contributed by atoms with Gasteiger partial charge in [0.25, 0.3) is 0 Å². The van der Waals surface area contributed by atoms with Crippen LogP contribution in [0.3, 0.4) is 0 Å². The highest BCUT2D eigenvalue weighted by atomic mass is 32.1. The van der Waals surface area contributed by atoms with Gasteiger partial charge in [-0.1, -0.05) is 18.2 Å². The Morgan fingerprint density at radius 2 is 1.77 bits per heavy atom. The lowest BCUT2D eigenvalue weighted by Crippen LogP contribution is -2.47. The lowest BCUT2D eigenvalue weighted by Gasteiger charge is -2.35. The van der Waals surface area contributed by atoms with Gasteiger partial charge in [-0.15, -0.1) is 0 Å². The number of aromatic nitrogens is 1. The first-order valence-corrected chi connectivity index (χ1v) is 11.5. The molecule has 2 aromatic carbocycles. The number of nitrogens with zero attached hydrogens (tertiary/aromatic N) is 3. The van der Waals surface area contributed by atoms with Crippen LogP contribution in [0.5, 0.6) is 5.75 Å². The van der Waals surface area contributed by atoms with Crippen molar-refractivity contribution < 1.29 is 9.13 Å². The molecule has 6 heteroatoms. The quantitative estimate of drug-likeness (QED) is 0.412. The maximum atomic E-state index is 13.0. The van der Waals surface area contributed by atoms with Crippen LogP contribution in [0.1, 0.15) is 0 Å². The van der Waals surface area contributed by atoms with E-state index in [1.54, 1.807) is 23.5 Å². The van der Waals surface area contributed by atoms with Crippen LogP contribution in [0.25, 0.3) is 22.0 Å². The summed E-state index contributed by atoms with van der Waals surface area (Å²) in [5.41, 5.74) is 3.48. The van der Waals surface area contributed by atoms with Crippen LogP contribution < -0.4 is 9.64 Å². The zero-order chi connectivity index (χ0) is 21.0. The lowest BCUT2D eigenvalue weighted by atomic mass is 10.0. The standard InChI is InChI=1S/C25H24FN3OS/c26-21-5-7-22(8-6-21)30-16-15-28-11-13-29(14-12-28)24-9-4-19-2-1-3-23(25(19)27-24)20-10-17-31-18-20/h1-10,17-18H,11-16H2. The highest BCUT2D eigenvalue weighted by Crippen LogP contribution is 2.30. The van der Waals surface area contributed by atoms with E-state index in [-0.39, 0.29) is 5.82 Å². The average Bonchev–Trinajstić information content (AvgIpc) is 3.35. The smallest absolute Gasteiger partial charge is 0.129 e. The van der Waals surface area contributed by atoms with Crippen molar-refractivity contribution in [3.8, 4) is 16.9 Å². The van der Waals surface area contributed by atoms with Crippen LogP contribution in [-0.2, 0) is 0 Å². The number of halogens is 1. The zero-order valence-corrected chi connectivity index (χ0v) is 18.0. The Kier molecular flexibility index (Phi) is 5.82. The molecule has 0 aliphatic carbocycles. The number of anilines is 1. The topological polar surface area (TPSA) is 28.6 Å². The number of piperazine rings is 1. The fourth-order valence-corrected chi connectivity index (χ4v) is 4.64. The first-order valence-electron chi connectivity index (χ1n) is 10.5. The van der Waals surface area contributed by atoms with Crippen LogP contribution in [0.2, 0.25) is 0 Å². The molecule has 0 radical (unpaired) electrons. The average molecular weight is 434 g/mol. The Morgan fingerprint density at radius 3 is 2.55 bits per heavy atom. The second-order valence-electron chi connectivity index (χ2n) is 7.69.